The minimum Gasteiger partial charge on any atom is -0.470 e. The van der Waals surface area contributed by atoms with Crippen LogP contribution >= 0.6 is 11.7 Å². The van der Waals surface area contributed by atoms with Crippen LogP contribution in [0.3, 0.4) is 0 Å². The molecule has 2 rings (SSSR count). The number of rotatable bonds is 20. The molecule has 2 heterocycles. The molecule has 1 saturated heterocycles. The number of amides is 1. The molecule has 0 radical (unpaired) electrons. The summed E-state index contributed by atoms with van der Waals surface area (Å²) in [6.07, 6.45) is -8.30. The number of hydrogen-bond donors (Lipinski definition) is 0. The Hall–Kier alpha value is -4.96. The third kappa shape index (κ3) is 15.5. The molecule has 1 aliphatic heterocycles. The highest BCUT2D eigenvalue weighted by Gasteiger charge is 2.39. The van der Waals surface area contributed by atoms with E-state index in [1.165, 1.54) is 39.5 Å². The Morgan fingerprint density at radius 3 is 1.75 bits per heavy atom. The molecule has 1 aromatic heterocycles. The molecule has 1 fully saturated rings. The smallest absolute Gasteiger partial charge is 0.347 e. The summed E-state index contributed by atoms with van der Waals surface area (Å²) in [6, 6.07) is 0. The predicted octanol–water partition coefficient (Wildman–Crippen LogP) is 0.922. The first kappa shape index (κ1) is 48.2. The van der Waals surface area contributed by atoms with Crippen LogP contribution in [0.2, 0.25) is 0 Å². The molecular formula is C35H52N4O17S. The molecule has 0 unspecified atom stereocenters. The molecule has 320 valence electrons. The quantitative estimate of drug-likeness (QED) is 0.0766. The fourth-order valence-corrected chi connectivity index (χ4v) is 5.44. The minimum absolute atomic E-state index is 0.137. The Balaban J connectivity index is 2.24. The minimum atomic E-state index is -2.11. The summed E-state index contributed by atoms with van der Waals surface area (Å²) in [5.41, 5.74) is -0.988. The van der Waals surface area contributed by atoms with Gasteiger partial charge in [0.05, 0.1) is 31.5 Å². The highest BCUT2D eigenvalue weighted by molar-refractivity contribution is 6.99. The Morgan fingerprint density at radius 1 is 0.754 bits per heavy atom. The van der Waals surface area contributed by atoms with Crippen molar-refractivity contribution in [3.63, 3.8) is 0 Å². The van der Waals surface area contributed by atoms with Crippen LogP contribution in [-0.2, 0) is 76.3 Å². The van der Waals surface area contributed by atoms with Crippen LogP contribution in [-0.4, -0.2) is 149 Å². The second-order valence-corrected chi connectivity index (χ2v) is 14.5. The molecule has 7 atom stereocenters. The van der Waals surface area contributed by atoms with Gasteiger partial charge in [0.15, 0.2) is 42.9 Å². The van der Waals surface area contributed by atoms with Crippen molar-refractivity contribution < 1.29 is 81.0 Å². The number of anilines is 1. The van der Waals surface area contributed by atoms with Crippen LogP contribution in [0, 0.1) is 0 Å². The number of aromatic nitrogens is 2. The van der Waals surface area contributed by atoms with Gasteiger partial charge in [-0.2, -0.15) is 4.37 Å². The van der Waals surface area contributed by atoms with Crippen molar-refractivity contribution in [2.24, 2.45) is 0 Å². The molecule has 57 heavy (non-hydrogen) atoms. The Morgan fingerprint density at radius 2 is 1.26 bits per heavy atom. The predicted molar refractivity (Wildman–Crippen MR) is 194 cm³/mol. The maximum absolute atomic E-state index is 13.9. The zero-order valence-electron chi connectivity index (χ0n) is 33.9. The first-order valence-electron chi connectivity index (χ1n) is 17.9. The van der Waals surface area contributed by atoms with E-state index >= 15 is 0 Å². The number of hydrogen-bond acceptors (Lipinski definition) is 21. The van der Waals surface area contributed by atoms with Crippen molar-refractivity contribution in [2.75, 3.05) is 44.4 Å². The van der Waals surface area contributed by atoms with E-state index in [0.29, 0.717) is 32.1 Å². The fourth-order valence-electron chi connectivity index (χ4n) is 4.92. The molecular weight excluding hydrogens is 780 g/mol. The first-order chi connectivity index (χ1) is 26.5. The lowest BCUT2D eigenvalue weighted by molar-refractivity contribution is -0.229. The number of carbonyl (C=O) groups excluding carboxylic acids is 8. The Bertz CT molecular complexity index is 1590. The second-order valence-electron chi connectivity index (χ2n) is 14.0. The zero-order chi connectivity index (χ0) is 43.2. The van der Waals surface area contributed by atoms with E-state index in [2.05, 4.69) is 8.75 Å². The molecule has 21 nitrogen and oxygen atoms in total. The van der Waals surface area contributed by atoms with Crippen LogP contribution in [0.4, 0.5) is 5.82 Å². The van der Waals surface area contributed by atoms with E-state index in [1.807, 2.05) is 4.90 Å². The van der Waals surface area contributed by atoms with Gasteiger partial charge in [-0.25, -0.2) is 19.2 Å². The summed E-state index contributed by atoms with van der Waals surface area (Å²) < 4.78 is 56.1. The van der Waals surface area contributed by atoms with Crippen molar-refractivity contribution in [1.82, 2.24) is 13.6 Å². The molecule has 0 aliphatic carbocycles. The van der Waals surface area contributed by atoms with E-state index in [0.717, 1.165) is 32.5 Å². The normalized spacial score (nSPS) is 17.1. The highest BCUT2D eigenvalue weighted by atomic mass is 32.1. The topological polar surface area (TPSA) is 252 Å². The van der Waals surface area contributed by atoms with Crippen molar-refractivity contribution in [3.8, 4) is 5.88 Å². The van der Waals surface area contributed by atoms with E-state index in [1.54, 1.807) is 20.8 Å². The van der Waals surface area contributed by atoms with Gasteiger partial charge < -0.3 is 52.4 Å². The Kier molecular flexibility index (Phi) is 18.2. The van der Waals surface area contributed by atoms with E-state index in [9.17, 15) is 38.4 Å². The van der Waals surface area contributed by atoms with Gasteiger partial charge in [-0.15, -0.1) is 4.37 Å². The van der Waals surface area contributed by atoms with Crippen molar-refractivity contribution in [3.05, 3.63) is 0 Å². The van der Waals surface area contributed by atoms with Crippen LogP contribution in [0.25, 0.3) is 0 Å². The lowest BCUT2D eigenvalue weighted by Crippen LogP contribution is -2.55. The van der Waals surface area contributed by atoms with E-state index in [4.69, 9.17) is 42.6 Å². The summed E-state index contributed by atoms with van der Waals surface area (Å²) in [6.45, 7) is 15.8. The molecule has 1 amide bonds. The molecule has 1 aliphatic rings. The van der Waals surface area contributed by atoms with Gasteiger partial charge in [0.1, 0.15) is 6.61 Å². The average molecular weight is 833 g/mol. The maximum atomic E-state index is 13.9. The average Bonchev–Trinajstić information content (AvgIpc) is 3.60. The lowest BCUT2D eigenvalue weighted by atomic mass is 10.0. The van der Waals surface area contributed by atoms with E-state index in [-0.39, 0.29) is 25.3 Å². The van der Waals surface area contributed by atoms with Gasteiger partial charge in [-0.1, -0.05) is 0 Å². The van der Waals surface area contributed by atoms with Crippen LogP contribution in [0.1, 0.15) is 76.2 Å². The maximum Gasteiger partial charge on any atom is 0.347 e. The molecule has 0 N–H and O–H groups in total. The zero-order valence-corrected chi connectivity index (χ0v) is 34.7. The van der Waals surface area contributed by atoms with Crippen molar-refractivity contribution in [1.29, 1.82) is 0 Å². The van der Waals surface area contributed by atoms with Gasteiger partial charge in [-0.3, -0.25) is 19.2 Å². The number of morpholine rings is 1. The summed E-state index contributed by atoms with van der Waals surface area (Å²) in [5.74, 6) is -8.11. The molecule has 1 aromatic rings. The number of nitrogens with zero attached hydrogens (tertiary/aromatic N) is 4. The van der Waals surface area contributed by atoms with Gasteiger partial charge in [0.25, 0.3) is 17.6 Å². The number of carbonyl (C=O) groups is 8. The largest absolute Gasteiger partial charge is 0.470 e. The second kappa shape index (κ2) is 21.5. The van der Waals surface area contributed by atoms with Gasteiger partial charge >= 0.3 is 35.8 Å². The molecule has 0 bridgehead atoms. The van der Waals surface area contributed by atoms with E-state index < -0.39 is 89.7 Å². The summed E-state index contributed by atoms with van der Waals surface area (Å²) in [5, 5.41) is 0. The fraction of sp³-hybridized carbons (Fsp3) is 0.714. The highest BCUT2D eigenvalue weighted by Crippen LogP contribution is 2.27. The Labute approximate surface area is 334 Å². The number of esters is 6. The molecule has 0 saturated carbocycles. The third-order valence-electron chi connectivity index (χ3n) is 7.77. The number of aldehydes is 1. The van der Waals surface area contributed by atoms with Crippen LogP contribution in [0.15, 0.2) is 0 Å². The molecule has 22 heteroatoms. The summed E-state index contributed by atoms with van der Waals surface area (Å²) >= 11 is 0.897. The lowest BCUT2D eigenvalue weighted by Gasteiger charge is -2.39. The van der Waals surface area contributed by atoms with Gasteiger partial charge in [0.2, 0.25) is 5.82 Å². The van der Waals surface area contributed by atoms with Crippen molar-refractivity contribution >= 4 is 65.6 Å². The van der Waals surface area contributed by atoms with Gasteiger partial charge in [-0.05, 0) is 55.4 Å². The molecule has 0 aromatic carbocycles. The van der Waals surface area contributed by atoms with Gasteiger partial charge in [0, 0.05) is 39.4 Å². The first-order valence-corrected chi connectivity index (χ1v) is 18.6. The molecule has 0 spiro atoms. The standard InChI is InChI=1S/C35H52N4O17S/c1-19(51-31(45)21(3)53-32(46)22(4)52-30(44)20(2)50-24(6)41)29(43)39(34(8,9)10)16-26(54-33(47)23(5)55-35(11,18-40)56-25(7)42)17-49-28-27(36-57-37-28)38-12-14-48-15-13-38/h18-23,26H,12-17H2,1-11H3/t19-,20-,21-,22-,23-,26-,35+/m0/s1. The van der Waals surface area contributed by atoms with Crippen molar-refractivity contribution in [2.45, 2.75) is 124 Å². The number of ether oxygens (including phenoxy) is 9. The third-order valence-corrected chi connectivity index (χ3v) is 8.27. The van der Waals surface area contributed by atoms with Crippen LogP contribution < -0.4 is 9.64 Å². The van der Waals surface area contributed by atoms with Crippen LogP contribution in [0.5, 0.6) is 5.88 Å². The summed E-state index contributed by atoms with van der Waals surface area (Å²) in [7, 11) is 0. The SMILES string of the molecule is CC(=O)O[C@@H](C)C(=O)O[C@@H](C)C(=O)O[C@@H](C)C(=O)O[C@@H](C)C(=O)N(C[C@@H](COc1nsnc1N1CCOCC1)OC(=O)[C@H](C)O[C@@](C)(C=O)OC(C)=O)C(C)(C)C. The monoisotopic (exact) mass is 832 g/mol. The summed E-state index contributed by atoms with van der Waals surface area (Å²) in [4.78, 5) is 102.